The number of alkyl halides is 3. The Morgan fingerprint density at radius 1 is 1.22 bits per heavy atom. The zero-order valence-electron chi connectivity index (χ0n) is 13.0. The van der Waals surface area contributed by atoms with Crippen LogP contribution in [-0.2, 0) is 16.1 Å². The maximum atomic E-state index is 12.3. The van der Waals surface area contributed by atoms with Crippen LogP contribution in [0.15, 0.2) is 24.3 Å². The molecule has 1 atom stereocenters. The predicted octanol–water partition coefficient (Wildman–Crippen LogP) is 2.36. The van der Waals surface area contributed by atoms with Gasteiger partial charge in [-0.25, -0.2) is 0 Å². The molecule has 8 heteroatoms. The van der Waals surface area contributed by atoms with Gasteiger partial charge in [0, 0.05) is 19.0 Å². The van der Waals surface area contributed by atoms with Crippen LogP contribution in [-0.4, -0.2) is 24.2 Å². The summed E-state index contributed by atoms with van der Waals surface area (Å²) < 4.78 is 40.9. The van der Waals surface area contributed by atoms with Crippen molar-refractivity contribution in [3.05, 3.63) is 29.8 Å². The molecule has 0 aliphatic carbocycles. The molecule has 0 radical (unpaired) electrons. The summed E-state index contributed by atoms with van der Waals surface area (Å²) in [5.74, 6) is -1.38. The zero-order valence-corrected chi connectivity index (χ0v) is 13.0. The highest BCUT2D eigenvalue weighted by Gasteiger charge is 2.32. The molecular weight excluding hydrogens is 313 g/mol. The Kier molecular flexibility index (Phi) is 6.41. The van der Waals surface area contributed by atoms with E-state index in [2.05, 4.69) is 15.4 Å². The summed E-state index contributed by atoms with van der Waals surface area (Å²) in [4.78, 5) is 23.2. The van der Waals surface area contributed by atoms with Crippen molar-refractivity contribution in [2.45, 2.75) is 39.7 Å². The molecule has 0 fully saturated rings. The van der Waals surface area contributed by atoms with Crippen molar-refractivity contribution in [3.8, 4) is 5.75 Å². The lowest BCUT2D eigenvalue weighted by Gasteiger charge is -2.21. The maximum Gasteiger partial charge on any atom is 0.573 e. The standard InChI is InChI=1S/C15H19F3N2O3/c1-9(2)13(20-10(3)21)14(22)19-8-11-6-4-5-7-12(11)23-15(16,17)18/h4-7,9,13H,8H2,1-3H3,(H,19,22)(H,20,21). The van der Waals surface area contributed by atoms with Gasteiger partial charge in [0.05, 0.1) is 0 Å². The number of ether oxygens (including phenoxy) is 1. The van der Waals surface area contributed by atoms with Crippen LogP contribution in [0.2, 0.25) is 0 Å². The molecule has 0 heterocycles. The lowest BCUT2D eigenvalue weighted by molar-refractivity contribution is -0.274. The minimum absolute atomic E-state index is 0.145. The Balaban J connectivity index is 2.77. The van der Waals surface area contributed by atoms with Gasteiger partial charge in [-0.3, -0.25) is 9.59 Å². The van der Waals surface area contributed by atoms with E-state index in [9.17, 15) is 22.8 Å². The van der Waals surface area contributed by atoms with Crippen LogP contribution < -0.4 is 15.4 Å². The fraction of sp³-hybridized carbons (Fsp3) is 0.467. The Bertz CT molecular complexity index is 559. The summed E-state index contributed by atoms with van der Waals surface area (Å²) in [5, 5.41) is 5.02. The summed E-state index contributed by atoms with van der Waals surface area (Å²) in [6.07, 6.45) is -4.81. The van der Waals surface area contributed by atoms with Gasteiger partial charge in [-0.1, -0.05) is 32.0 Å². The van der Waals surface area contributed by atoms with Crippen molar-refractivity contribution in [3.63, 3.8) is 0 Å². The molecule has 0 bridgehead atoms. The second kappa shape index (κ2) is 7.85. The number of carbonyl (C=O) groups is 2. The van der Waals surface area contributed by atoms with E-state index in [-0.39, 0.29) is 29.7 Å². The monoisotopic (exact) mass is 332 g/mol. The highest BCUT2D eigenvalue weighted by molar-refractivity contribution is 5.87. The number of halogens is 3. The second-order valence-corrected chi connectivity index (χ2v) is 5.30. The van der Waals surface area contributed by atoms with Crippen molar-refractivity contribution in [2.24, 2.45) is 5.92 Å². The fourth-order valence-electron chi connectivity index (χ4n) is 1.92. The average molecular weight is 332 g/mol. The molecule has 0 saturated carbocycles. The number of para-hydroxylation sites is 1. The van der Waals surface area contributed by atoms with E-state index in [1.807, 2.05) is 0 Å². The van der Waals surface area contributed by atoms with Crippen LogP contribution >= 0.6 is 0 Å². The molecule has 0 aliphatic rings. The molecule has 1 aromatic rings. The van der Waals surface area contributed by atoms with Crippen LogP contribution in [0.4, 0.5) is 13.2 Å². The molecule has 0 aliphatic heterocycles. The number of benzene rings is 1. The molecule has 1 unspecified atom stereocenters. The first-order chi connectivity index (χ1) is 10.6. The molecule has 0 spiro atoms. The van der Waals surface area contributed by atoms with E-state index < -0.39 is 18.3 Å². The molecule has 0 saturated heterocycles. The van der Waals surface area contributed by atoms with Gasteiger partial charge in [0.25, 0.3) is 0 Å². The molecule has 2 N–H and O–H groups in total. The molecular formula is C15H19F3N2O3. The number of nitrogens with one attached hydrogen (secondary N) is 2. The molecule has 5 nitrogen and oxygen atoms in total. The Hall–Kier alpha value is -2.25. The van der Waals surface area contributed by atoms with Crippen LogP contribution in [0.3, 0.4) is 0 Å². The molecule has 1 aromatic carbocycles. The third-order valence-electron chi connectivity index (χ3n) is 2.96. The largest absolute Gasteiger partial charge is 0.573 e. The summed E-state index contributed by atoms with van der Waals surface area (Å²) in [5.41, 5.74) is 0.184. The summed E-state index contributed by atoms with van der Waals surface area (Å²) in [6.45, 7) is 4.64. The average Bonchev–Trinajstić information content (AvgIpc) is 2.41. The van der Waals surface area contributed by atoms with Gasteiger partial charge in [-0.15, -0.1) is 13.2 Å². The molecule has 1 rings (SSSR count). The van der Waals surface area contributed by atoms with Crippen LogP contribution in [0, 0.1) is 5.92 Å². The van der Waals surface area contributed by atoms with E-state index in [1.54, 1.807) is 19.9 Å². The van der Waals surface area contributed by atoms with Crippen molar-refractivity contribution < 1.29 is 27.5 Å². The van der Waals surface area contributed by atoms with E-state index in [1.165, 1.54) is 25.1 Å². The highest BCUT2D eigenvalue weighted by atomic mass is 19.4. The third-order valence-corrected chi connectivity index (χ3v) is 2.96. The van der Waals surface area contributed by atoms with Crippen molar-refractivity contribution in [2.75, 3.05) is 0 Å². The highest BCUT2D eigenvalue weighted by Crippen LogP contribution is 2.26. The fourth-order valence-corrected chi connectivity index (χ4v) is 1.92. The van der Waals surface area contributed by atoms with E-state index in [4.69, 9.17) is 0 Å². The van der Waals surface area contributed by atoms with Gasteiger partial charge in [0.2, 0.25) is 11.8 Å². The number of carbonyl (C=O) groups excluding carboxylic acids is 2. The van der Waals surface area contributed by atoms with E-state index >= 15 is 0 Å². The van der Waals surface area contributed by atoms with Crippen LogP contribution in [0.1, 0.15) is 26.3 Å². The summed E-state index contributed by atoms with van der Waals surface area (Å²) in [7, 11) is 0. The quantitative estimate of drug-likeness (QED) is 0.840. The normalized spacial score (nSPS) is 12.7. The van der Waals surface area contributed by atoms with Gasteiger partial charge >= 0.3 is 6.36 Å². The van der Waals surface area contributed by atoms with Crippen LogP contribution in [0.25, 0.3) is 0 Å². The first kappa shape index (κ1) is 18.8. The van der Waals surface area contributed by atoms with Gasteiger partial charge in [0.1, 0.15) is 11.8 Å². The Labute approximate surface area is 132 Å². The lowest BCUT2D eigenvalue weighted by atomic mass is 10.0. The minimum Gasteiger partial charge on any atom is -0.405 e. The Morgan fingerprint density at radius 3 is 2.35 bits per heavy atom. The SMILES string of the molecule is CC(=O)NC(C(=O)NCc1ccccc1OC(F)(F)F)C(C)C. The number of hydrogen-bond donors (Lipinski definition) is 2. The van der Waals surface area contributed by atoms with Crippen molar-refractivity contribution in [1.82, 2.24) is 10.6 Å². The minimum atomic E-state index is -4.81. The zero-order chi connectivity index (χ0) is 17.6. The third kappa shape index (κ3) is 6.58. The summed E-state index contributed by atoms with van der Waals surface area (Å²) >= 11 is 0. The maximum absolute atomic E-state index is 12.3. The van der Waals surface area contributed by atoms with Gasteiger partial charge in [0.15, 0.2) is 0 Å². The first-order valence-corrected chi connectivity index (χ1v) is 6.98. The van der Waals surface area contributed by atoms with E-state index in [0.29, 0.717) is 0 Å². The van der Waals surface area contributed by atoms with E-state index in [0.717, 1.165) is 0 Å². The predicted molar refractivity (Wildman–Crippen MR) is 77.4 cm³/mol. The van der Waals surface area contributed by atoms with Gasteiger partial charge in [-0.05, 0) is 12.0 Å². The van der Waals surface area contributed by atoms with Crippen molar-refractivity contribution in [1.29, 1.82) is 0 Å². The first-order valence-electron chi connectivity index (χ1n) is 6.98. The molecule has 0 aromatic heterocycles. The smallest absolute Gasteiger partial charge is 0.405 e. The lowest BCUT2D eigenvalue weighted by Crippen LogP contribution is -2.48. The molecule has 2 amide bonds. The number of rotatable bonds is 6. The second-order valence-electron chi connectivity index (χ2n) is 5.30. The summed E-state index contributed by atoms with van der Waals surface area (Å²) in [6, 6.07) is 4.77. The Morgan fingerprint density at radius 2 is 1.83 bits per heavy atom. The molecule has 128 valence electrons. The number of hydrogen-bond acceptors (Lipinski definition) is 3. The van der Waals surface area contributed by atoms with Crippen molar-refractivity contribution >= 4 is 11.8 Å². The van der Waals surface area contributed by atoms with Gasteiger partial charge < -0.3 is 15.4 Å². The van der Waals surface area contributed by atoms with Gasteiger partial charge in [-0.2, -0.15) is 0 Å². The van der Waals surface area contributed by atoms with Crippen LogP contribution in [0.5, 0.6) is 5.75 Å². The topological polar surface area (TPSA) is 67.4 Å². The number of amides is 2. The molecule has 23 heavy (non-hydrogen) atoms.